The van der Waals surface area contributed by atoms with Crippen molar-refractivity contribution < 1.29 is 9.90 Å². The molecule has 2 aromatic rings. The number of pyridine rings is 2. The van der Waals surface area contributed by atoms with E-state index < -0.39 is 0 Å². The lowest BCUT2D eigenvalue weighted by molar-refractivity contribution is -0.114. The zero-order valence-electron chi connectivity index (χ0n) is 11.6. The molecule has 1 amide bonds. The Labute approximate surface area is 121 Å². The molecule has 0 aliphatic heterocycles. The van der Waals surface area contributed by atoms with Crippen LogP contribution >= 0.6 is 0 Å². The van der Waals surface area contributed by atoms with Crippen molar-refractivity contribution in [2.75, 3.05) is 17.7 Å². The molecular weight excluding hydrogens is 270 g/mol. The zero-order valence-corrected chi connectivity index (χ0v) is 11.6. The summed E-state index contributed by atoms with van der Waals surface area (Å²) in [5.41, 5.74) is 1.75. The maximum atomic E-state index is 11.1. The van der Waals surface area contributed by atoms with Crippen molar-refractivity contribution in [2.24, 2.45) is 0 Å². The Morgan fingerprint density at radius 3 is 2.62 bits per heavy atom. The van der Waals surface area contributed by atoms with Crippen molar-refractivity contribution in [3.8, 4) is 5.88 Å². The second-order valence-electron chi connectivity index (χ2n) is 4.33. The van der Waals surface area contributed by atoms with Crippen molar-refractivity contribution >= 4 is 23.1 Å². The van der Waals surface area contributed by atoms with Crippen molar-refractivity contribution in [2.45, 2.75) is 6.92 Å². The molecule has 0 radical (unpaired) electrons. The van der Waals surface area contributed by atoms with Crippen molar-refractivity contribution in [3.63, 3.8) is 0 Å². The van der Waals surface area contributed by atoms with E-state index >= 15 is 0 Å². The summed E-state index contributed by atoms with van der Waals surface area (Å²) in [5.74, 6) is 0.200. The Hall–Kier alpha value is -2.96. The average Bonchev–Trinajstić information content (AvgIpc) is 2.46. The Balaban J connectivity index is 2.42. The molecule has 0 saturated heterocycles. The summed E-state index contributed by atoms with van der Waals surface area (Å²) < 4.78 is 0. The van der Waals surface area contributed by atoms with Gasteiger partial charge in [0.25, 0.3) is 0 Å². The number of hydrogen-bond acceptors (Lipinski definition) is 6. The van der Waals surface area contributed by atoms with E-state index in [1.807, 2.05) is 0 Å². The molecule has 108 valence electrons. The second kappa shape index (κ2) is 6.00. The van der Waals surface area contributed by atoms with E-state index in [0.29, 0.717) is 22.6 Å². The SMILES string of the molecule is CNc1ncc(NC(C)=O)cc1C(=N)c1ccc(O)nc1. The van der Waals surface area contributed by atoms with Crippen molar-refractivity contribution in [1.82, 2.24) is 9.97 Å². The van der Waals surface area contributed by atoms with Gasteiger partial charge >= 0.3 is 0 Å². The maximum absolute atomic E-state index is 11.1. The number of carbonyl (C=O) groups excluding carboxylic acids is 1. The molecule has 0 aliphatic rings. The highest BCUT2D eigenvalue weighted by Crippen LogP contribution is 2.21. The van der Waals surface area contributed by atoms with Gasteiger partial charge in [0, 0.05) is 37.4 Å². The van der Waals surface area contributed by atoms with Gasteiger partial charge in [-0.2, -0.15) is 0 Å². The first-order valence-electron chi connectivity index (χ1n) is 6.21. The van der Waals surface area contributed by atoms with E-state index in [1.54, 1.807) is 19.2 Å². The van der Waals surface area contributed by atoms with Crippen molar-refractivity contribution in [3.05, 3.63) is 41.7 Å². The monoisotopic (exact) mass is 285 g/mol. The van der Waals surface area contributed by atoms with Crippen LogP contribution in [0.1, 0.15) is 18.1 Å². The lowest BCUT2D eigenvalue weighted by atomic mass is 10.0. The fourth-order valence-electron chi connectivity index (χ4n) is 1.82. The third kappa shape index (κ3) is 3.33. The van der Waals surface area contributed by atoms with Crippen LogP contribution in [0.5, 0.6) is 5.88 Å². The lowest BCUT2D eigenvalue weighted by Crippen LogP contribution is -2.11. The van der Waals surface area contributed by atoms with E-state index in [1.165, 1.54) is 25.4 Å². The summed E-state index contributed by atoms with van der Waals surface area (Å²) in [6.07, 6.45) is 2.92. The molecule has 0 saturated carbocycles. The predicted octanol–water partition coefficient (Wildman–Crippen LogP) is 1.60. The molecule has 2 heterocycles. The number of aromatic nitrogens is 2. The van der Waals surface area contributed by atoms with Crippen LogP contribution in [-0.4, -0.2) is 33.7 Å². The number of aromatic hydroxyl groups is 1. The summed E-state index contributed by atoms with van der Waals surface area (Å²) in [5, 5.41) is 23.0. The first kappa shape index (κ1) is 14.4. The molecule has 0 atom stereocenters. The van der Waals surface area contributed by atoms with Crippen LogP contribution in [0.4, 0.5) is 11.5 Å². The minimum Gasteiger partial charge on any atom is -0.493 e. The van der Waals surface area contributed by atoms with Gasteiger partial charge in [-0.1, -0.05) is 0 Å². The van der Waals surface area contributed by atoms with Crippen LogP contribution in [0.15, 0.2) is 30.6 Å². The molecule has 0 spiro atoms. The molecule has 2 rings (SSSR count). The Morgan fingerprint density at radius 1 is 1.29 bits per heavy atom. The molecule has 0 unspecified atom stereocenters. The summed E-state index contributed by atoms with van der Waals surface area (Å²) in [4.78, 5) is 19.0. The molecule has 0 aromatic carbocycles. The highest BCUT2D eigenvalue weighted by atomic mass is 16.3. The number of hydrogen-bond donors (Lipinski definition) is 4. The summed E-state index contributed by atoms with van der Waals surface area (Å²) in [6.45, 7) is 1.40. The molecule has 7 nitrogen and oxygen atoms in total. The van der Waals surface area contributed by atoms with Crippen LogP contribution < -0.4 is 10.6 Å². The van der Waals surface area contributed by atoms with Gasteiger partial charge in [-0.3, -0.25) is 10.2 Å². The van der Waals surface area contributed by atoms with Gasteiger partial charge in [-0.15, -0.1) is 0 Å². The van der Waals surface area contributed by atoms with Gasteiger partial charge in [-0.05, 0) is 12.1 Å². The highest BCUT2D eigenvalue weighted by Gasteiger charge is 2.13. The van der Waals surface area contributed by atoms with Gasteiger partial charge in [0.15, 0.2) is 0 Å². The molecule has 7 heteroatoms. The molecule has 0 bridgehead atoms. The highest BCUT2D eigenvalue weighted by molar-refractivity contribution is 6.14. The molecule has 21 heavy (non-hydrogen) atoms. The van der Waals surface area contributed by atoms with E-state index in [0.717, 1.165) is 0 Å². The second-order valence-corrected chi connectivity index (χ2v) is 4.33. The standard InChI is InChI=1S/C14H15N5O2/c1-8(20)19-10-5-11(14(16-2)18-7-10)13(15)9-3-4-12(21)17-6-9/h3-7,15H,1-2H3,(H,16,18)(H,17,21)(H,19,20). The van der Waals surface area contributed by atoms with Gasteiger partial charge in [-0.25, -0.2) is 9.97 Å². The molecular formula is C14H15N5O2. The number of amides is 1. The zero-order chi connectivity index (χ0) is 15.4. The van der Waals surface area contributed by atoms with Crippen molar-refractivity contribution in [1.29, 1.82) is 5.41 Å². The van der Waals surface area contributed by atoms with Gasteiger partial charge < -0.3 is 15.7 Å². The maximum Gasteiger partial charge on any atom is 0.221 e. The van der Waals surface area contributed by atoms with Crippen LogP contribution in [0.3, 0.4) is 0 Å². The van der Waals surface area contributed by atoms with Crippen LogP contribution in [-0.2, 0) is 4.79 Å². The smallest absolute Gasteiger partial charge is 0.221 e. The van der Waals surface area contributed by atoms with Crippen LogP contribution in [0.2, 0.25) is 0 Å². The normalized spacial score (nSPS) is 10.0. The Bertz CT molecular complexity index is 682. The average molecular weight is 285 g/mol. The molecule has 4 N–H and O–H groups in total. The summed E-state index contributed by atoms with van der Waals surface area (Å²) >= 11 is 0. The third-order valence-electron chi connectivity index (χ3n) is 2.75. The van der Waals surface area contributed by atoms with E-state index in [2.05, 4.69) is 20.6 Å². The van der Waals surface area contributed by atoms with E-state index in [9.17, 15) is 9.90 Å². The Morgan fingerprint density at radius 2 is 2.05 bits per heavy atom. The fourth-order valence-corrected chi connectivity index (χ4v) is 1.82. The number of carbonyl (C=O) groups is 1. The summed E-state index contributed by atoms with van der Waals surface area (Å²) in [7, 11) is 1.70. The number of nitrogens with one attached hydrogen (secondary N) is 3. The number of anilines is 2. The summed E-state index contributed by atoms with van der Waals surface area (Å²) in [6, 6.07) is 4.67. The predicted molar refractivity (Wildman–Crippen MR) is 79.9 cm³/mol. The first-order chi connectivity index (χ1) is 10.0. The van der Waals surface area contributed by atoms with Gasteiger partial charge in [0.05, 0.1) is 17.6 Å². The number of rotatable bonds is 4. The van der Waals surface area contributed by atoms with Crippen LogP contribution in [0.25, 0.3) is 0 Å². The fraction of sp³-hybridized carbons (Fsp3) is 0.143. The topological polar surface area (TPSA) is 111 Å². The quantitative estimate of drug-likeness (QED) is 0.638. The first-order valence-corrected chi connectivity index (χ1v) is 6.21. The minimum absolute atomic E-state index is 0.106. The third-order valence-corrected chi connectivity index (χ3v) is 2.75. The van der Waals surface area contributed by atoms with E-state index in [4.69, 9.17) is 5.41 Å². The molecule has 0 fully saturated rings. The minimum atomic E-state index is -0.210. The molecule has 2 aromatic heterocycles. The molecule has 0 aliphatic carbocycles. The Kier molecular flexibility index (Phi) is 4.13. The largest absolute Gasteiger partial charge is 0.493 e. The van der Waals surface area contributed by atoms with Crippen LogP contribution in [0, 0.1) is 5.41 Å². The lowest BCUT2D eigenvalue weighted by Gasteiger charge is -2.12. The van der Waals surface area contributed by atoms with Gasteiger partial charge in [0.2, 0.25) is 11.8 Å². The van der Waals surface area contributed by atoms with Gasteiger partial charge in [0.1, 0.15) is 5.82 Å². The number of nitrogens with zero attached hydrogens (tertiary/aromatic N) is 2. The van der Waals surface area contributed by atoms with E-state index in [-0.39, 0.29) is 17.5 Å².